The second-order valence-electron chi connectivity index (χ2n) is 6.98. The lowest BCUT2D eigenvalue weighted by Crippen LogP contribution is -2.34. The van der Waals surface area contributed by atoms with E-state index in [1.54, 1.807) is 42.5 Å². The van der Waals surface area contributed by atoms with Crippen molar-refractivity contribution in [2.24, 2.45) is 0 Å². The highest BCUT2D eigenvalue weighted by Gasteiger charge is 2.37. The molecule has 0 aliphatic carbocycles. The summed E-state index contributed by atoms with van der Waals surface area (Å²) in [4.78, 5) is 37.3. The normalized spacial score (nSPS) is 16.4. The number of alkyl halides is 3. The standard InChI is InChI=1S/C20H16F3N3O3/c21-20(22,23)11-25-10-15-7-14(5-6-16(15)18(25)28)13-3-1-12(2-4-13)9-26-17(27)8-24-19(26)29/h1-7H,8-11H2,(H,24,29). The van der Waals surface area contributed by atoms with Crippen molar-refractivity contribution in [1.82, 2.24) is 15.1 Å². The first kappa shape index (κ1) is 19.0. The third-order valence-corrected chi connectivity index (χ3v) is 4.92. The van der Waals surface area contributed by atoms with Gasteiger partial charge in [-0.05, 0) is 34.4 Å². The second kappa shape index (κ2) is 6.91. The fourth-order valence-corrected chi connectivity index (χ4v) is 3.51. The number of amides is 4. The number of benzene rings is 2. The van der Waals surface area contributed by atoms with Crippen LogP contribution in [0.5, 0.6) is 0 Å². The van der Waals surface area contributed by atoms with Crippen LogP contribution in [0, 0.1) is 0 Å². The van der Waals surface area contributed by atoms with Crippen molar-refractivity contribution in [1.29, 1.82) is 0 Å². The summed E-state index contributed by atoms with van der Waals surface area (Å²) in [5.74, 6) is -0.904. The fraction of sp³-hybridized carbons (Fsp3) is 0.250. The Kier molecular flexibility index (Phi) is 4.52. The molecule has 1 saturated heterocycles. The van der Waals surface area contributed by atoms with Gasteiger partial charge in [-0.1, -0.05) is 30.3 Å². The van der Waals surface area contributed by atoms with E-state index in [1.165, 1.54) is 0 Å². The van der Waals surface area contributed by atoms with Crippen LogP contribution in [0.15, 0.2) is 42.5 Å². The lowest BCUT2D eigenvalue weighted by Gasteiger charge is -2.17. The number of carbonyl (C=O) groups is 3. The maximum atomic E-state index is 12.6. The third-order valence-electron chi connectivity index (χ3n) is 4.92. The smallest absolute Gasteiger partial charge is 0.329 e. The Balaban J connectivity index is 1.51. The quantitative estimate of drug-likeness (QED) is 0.799. The van der Waals surface area contributed by atoms with Crippen LogP contribution in [0.3, 0.4) is 0 Å². The van der Waals surface area contributed by atoms with E-state index in [1.807, 2.05) is 0 Å². The molecule has 0 unspecified atom stereocenters. The molecule has 29 heavy (non-hydrogen) atoms. The minimum absolute atomic E-state index is 0.00385. The van der Waals surface area contributed by atoms with Crippen LogP contribution in [0.1, 0.15) is 21.5 Å². The van der Waals surface area contributed by atoms with E-state index in [0.717, 1.165) is 26.5 Å². The molecule has 0 saturated carbocycles. The van der Waals surface area contributed by atoms with Gasteiger partial charge in [0.05, 0.1) is 13.1 Å². The van der Waals surface area contributed by atoms with E-state index in [9.17, 15) is 27.6 Å². The number of rotatable bonds is 4. The first-order valence-electron chi connectivity index (χ1n) is 8.88. The fourth-order valence-electron chi connectivity index (χ4n) is 3.51. The summed E-state index contributed by atoms with van der Waals surface area (Å²) in [6.07, 6.45) is -4.44. The van der Waals surface area contributed by atoms with Gasteiger partial charge in [-0.2, -0.15) is 13.2 Å². The molecule has 2 aromatic carbocycles. The molecule has 0 bridgehead atoms. The van der Waals surface area contributed by atoms with Gasteiger partial charge in [0.2, 0.25) is 5.91 Å². The molecule has 4 rings (SSSR count). The summed E-state index contributed by atoms with van der Waals surface area (Å²) in [5, 5.41) is 2.46. The van der Waals surface area contributed by atoms with Crippen LogP contribution in [0.4, 0.5) is 18.0 Å². The van der Waals surface area contributed by atoms with Crippen LogP contribution < -0.4 is 5.32 Å². The molecule has 0 atom stereocenters. The maximum absolute atomic E-state index is 12.6. The zero-order valence-corrected chi connectivity index (χ0v) is 15.1. The van der Waals surface area contributed by atoms with Gasteiger partial charge in [0.1, 0.15) is 6.54 Å². The van der Waals surface area contributed by atoms with Gasteiger partial charge in [-0.3, -0.25) is 14.5 Å². The number of carbonyl (C=O) groups excluding carboxylic acids is 3. The lowest BCUT2D eigenvalue weighted by molar-refractivity contribution is -0.141. The second-order valence-corrected chi connectivity index (χ2v) is 6.98. The molecule has 9 heteroatoms. The summed E-state index contributed by atoms with van der Waals surface area (Å²) >= 11 is 0. The largest absolute Gasteiger partial charge is 0.406 e. The summed E-state index contributed by atoms with van der Waals surface area (Å²) < 4.78 is 37.9. The summed E-state index contributed by atoms with van der Waals surface area (Å²) in [5.41, 5.74) is 3.20. The van der Waals surface area contributed by atoms with Crippen LogP contribution in [0.25, 0.3) is 11.1 Å². The highest BCUT2D eigenvalue weighted by molar-refractivity contribution is 6.02. The molecule has 6 nitrogen and oxygen atoms in total. The molecular formula is C20H16F3N3O3. The first-order chi connectivity index (χ1) is 13.7. The topological polar surface area (TPSA) is 69.7 Å². The van der Waals surface area contributed by atoms with Gasteiger partial charge >= 0.3 is 12.2 Å². The van der Waals surface area contributed by atoms with Gasteiger partial charge in [-0.25, -0.2) is 4.79 Å². The van der Waals surface area contributed by atoms with Gasteiger partial charge < -0.3 is 10.2 Å². The Bertz CT molecular complexity index is 986. The van der Waals surface area contributed by atoms with Crippen molar-refractivity contribution >= 4 is 17.8 Å². The zero-order chi connectivity index (χ0) is 20.8. The summed E-state index contributed by atoms with van der Waals surface area (Å²) in [6, 6.07) is 11.7. The Morgan fingerprint density at radius 3 is 2.28 bits per heavy atom. The maximum Gasteiger partial charge on any atom is 0.406 e. The number of nitrogens with zero attached hydrogens (tertiary/aromatic N) is 2. The molecule has 2 aliphatic rings. The van der Waals surface area contributed by atoms with Crippen molar-refractivity contribution in [3.05, 3.63) is 59.2 Å². The van der Waals surface area contributed by atoms with E-state index in [0.29, 0.717) is 5.56 Å². The Hall–Kier alpha value is -3.36. The molecule has 2 heterocycles. The molecule has 0 aromatic heterocycles. The molecule has 1 N–H and O–H groups in total. The lowest BCUT2D eigenvalue weighted by atomic mass is 9.99. The van der Waals surface area contributed by atoms with Gasteiger partial charge in [0.25, 0.3) is 5.91 Å². The van der Waals surface area contributed by atoms with E-state index >= 15 is 0 Å². The van der Waals surface area contributed by atoms with Crippen LogP contribution in [-0.2, 0) is 17.9 Å². The minimum atomic E-state index is -4.44. The minimum Gasteiger partial charge on any atom is -0.329 e. The number of imide groups is 1. The number of fused-ring (bicyclic) bond motifs is 1. The average molecular weight is 403 g/mol. The van der Waals surface area contributed by atoms with E-state index in [-0.39, 0.29) is 31.1 Å². The molecule has 150 valence electrons. The number of hydrogen-bond donors (Lipinski definition) is 1. The van der Waals surface area contributed by atoms with E-state index < -0.39 is 24.7 Å². The predicted molar refractivity (Wildman–Crippen MR) is 96.6 cm³/mol. The number of nitrogens with one attached hydrogen (secondary N) is 1. The Morgan fingerprint density at radius 2 is 1.66 bits per heavy atom. The first-order valence-corrected chi connectivity index (χ1v) is 8.88. The monoisotopic (exact) mass is 403 g/mol. The molecule has 4 amide bonds. The molecular weight excluding hydrogens is 387 g/mol. The van der Waals surface area contributed by atoms with Crippen molar-refractivity contribution < 1.29 is 27.6 Å². The van der Waals surface area contributed by atoms with Crippen molar-refractivity contribution in [2.45, 2.75) is 19.3 Å². The highest BCUT2D eigenvalue weighted by Crippen LogP contribution is 2.30. The average Bonchev–Trinajstić information content (AvgIpc) is 3.14. The number of halogens is 3. The zero-order valence-electron chi connectivity index (χ0n) is 15.1. The van der Waals surface area contributed by atoms with Gasteiger partial charge in [0, 0.05) is 12.1 Å². The van der Waals surface area contributed by atoms with Crippen molar-refractivity contribution in [2.75, 3.05) is 13.1 Å². The highest BCUT2D eigenvalue weighted by atomic mass is 19.4. The van der Waals surface area contributed by atoms with E-state index in [4.69, 9.17) is 0 Å². The number of hydrogen-bond acceptors (Lipinski definition) is 3. The predicted octanol–water partition coefficient (Wildman–Crippen LogP) is 2.92. The molecule has 0 radical (unpaired) electrons. The Labute approximate surface area is 163 Å². The van der Waals surface area contributed by atoms with Crippen LogP contribution in [0.2, 0.25) is 0 Å². The summed E-state index contributed by atoms with van der Waals surface area (Å²) in [7, 11) is 0. The molecule has 0 spiro atoms. The van der Waals surface area contributed by atoms with Crippen LogP contribution >= 0.6 is 0 Å². The Morgan fingerprint density at radius 1 is 0.966 bits per heavy atom. The summed E-state index contributed by atoms with van der Waals surface area (Å²) in [6.45, 7) is -1.19. The molecule has 1 fully saturated rings. The third kappa shape index (κ3) is 3.80. The molecule has 2 aromatic rings. The number of urea groups is 1. The van der Waals surface area contributed by atoms with E-state index in [2.05, 4.69) is 5.32 Å². The molecule has 2 aliphatic heterocycles. The van der Waals surface area contributed by atoms with Gasteiger partial charge in [0.15, 0.2) is 0 Å². The van der Waals surface area contributed by atoms with Crippen molar-refractivity contribution in [3.8, 4) is 11.1 Å². The SMILES string of the molecule is O=C1c2ccc(-c3ccc(CN4C(=O)CNC4=O)cc3)cc2CN1CC(F)(F)F. The van der Waals surface area contributed by atoms with Crippen molar-refractivity contribution in [3.63, 3.8) is 0 Å². The van der Waals surface area contributed by atoms with Gasteiger partial charge in [-0.15, -0.1) is 0 Å². The van der Waals surface area contributed by atoms with Crippen LogP contribution in [-0.4, -0.2) is 46.9 Å².